The molecule has 21 heavy (non-hydrogen) atoms. The smallest absolute Gasteiger partial charge is 0.251 e. The maximum absolute atomic E-state index is 11.2. The number of para-hydroxylation sites is 1. The van der Waals surface area contributed by atoms with Crippen molar-refractivity contribution in [3.63, 3.8) is 0 Å². The van der Waals surface area contributed by atoms with Gasteiger partial charge < -0.3 is 4.90 Å². The highest BCUT2D eigenvalue weighted by atomic mass is 32.2. The van der Waals surface area contributed by atoms with Gasteiger partial charge in [0, 0.05) is 12.2 Å². The molecule has 5 heteroatoms. The third-order valence-corrected chi connectivity index (χ3v) is 3.43. The van der Waals surface area contributed by atoms with Crippen LogP contribution in [0.25, 0.3) is 0 Å². The van der Waals surface area contributed by atoms with Crippen molar-refractivity contribution in [3.8, 4) is 0 Å². The van der Waals surface area contributed by atoms with Crippen LogP contribution in [0.15, 0.2) is 65.1 Å². The summed E-state index contributed by atoms with van der Waals surface area (Å²) in [5.74, 6) is 0. The van der Waals surface area contributed by atoms with Gasteiger partial charge in [0.25, 0.3) is 10.0 Å². The second-order valence-electron chi connectivity index (χ2n) is 4.72. The molecular formula is C16H18N2O2S. The quantitative estimate of drug-likeness (QED) is 0.609. The minimum absolute atomic E-state index is 0.660. The van der Waals surface area contributed by atoms with Crippen LogP contribution in [-0.2, 0) is 16.4 Å². The first-order valence-electron chi connectivity index (χ1n) is 6.66. The Morgan fingerprint density at radius 2 is 1.57 bits per heavy atom. The van der Waals surface area contributed by atoms with Gasteiger partial charge in [-0.15, -0.1) is 0 Å². The highest BCUT2D eigenvalue weighted by Crippen LogP contribution is 2.13. The summed E-state index contributed by atoms with van der Waals surface area (Å²) < 4.78 is 26.1. The van der Waals surface area contributed by atoms with Gasteiger partial charge in [-0.1, -0.05) is 48.5 Å². The molecule has 0 aliphatic heterocycles. The van der Waals surface area contributed by atoms with E-state index >= 15 is 0 Å². The third kappa shape index (κ3) is 5.39. The van der Waals surface area contributed by atoms with Crippen molar-refractivity contribution in [1.29, 1.82) is 0 Å². The van der Waals surface area contributed by atoms with Crippen LogP contribution in [-0.4, -0.2) is 27.6 Å². The standard InChI is InChI=1S/C16H18N2O2S/c1-21(19,20)17-14-18(16-10-6-3-7-11-16)13-12-15-8-4-2-5-9-15/h2-11,14H,12-13H2,1H3. The van der Waals surface area contributed by atoms with Gasteiger partial charge in [-0.05, 0) is 24.1 Å². The Morgan fingerprint density at radius 3 is 2.14 bits per heavy atom. The van der Waals surface area contributed by atoms with Crippen LogP contribution < -0.4 is 4.90 Å². The summed E-state index contributed by atoms with van der Waals surface area (Å²) in [5, 5.41) is 0. The lowest BCUT2D eigenvalue weighted by Crippen LogP contribution is -2.24. The second-order valence-corrected chi connectivity index (χ2v) is 6.40. The van der Waals surface area contributed by atoms with Crippen molar-refractivity contribution in [3.05, 3.63) is 66.2 Å². The number of benzene rings is 2. The van der Waals surface area contributed by atoms with Crippen LogP contribution in [0, 0.1) is 0 Å². The highest BCUT2D eigenvalue weighted by molar-refractivity contribution is 7.89. The van der Waals surface area contributed by atoms with E-state index < -0.39 is 10.0 Å². The van der Waals surface area contributed by atoms with Gasteiger partial charge in [0.2, 0.25) is 0 Å². The fourth-order valence-electron chi connectivity index (χ4n) is 1.91. The second kappa shape index (κ2) is 7.04. The molecule has 0 saturated carbocycles. The third-order valence-electron chi connectivity index (χ3n) is 2.95. The predicted molar refractivity (Wildman–Crippen MR) is 87.3 cm³/mol. The molecule has 0 atom stereocenters. The number of hydrogen-bond donors (Lipinski definition) is 0. The zero-order valence-electron chi connectivity index (χ0n) is 11.9. The van der Waals surface area contributed by atoms with Crippen LogP contribution in [0.1, 0.15) is 5.56 Å². The fraction of sp³-hybridized carbons (Fsp3) is 0.188. The zero-order valence-corrected chi connectivity index (χ0v) is 12.7. The van der Waals surface area contributed by atoms with Crippen molar-refractivity contribution in [2.24, 2.45) is 4.40 Å². The molecule has 0 aliphatic carbocycles. The van der Waals surface area contributed by atoms with E-state index in [9.17, 15) is 8.42 Å². The molecule has 0 heterocycles. The van der Waals surface area contributed by atoms with E-state index in [1.54, 1.807) is 0 Å². The molecule has 0 fully saturated rings. The summed E-state index contributed by atoms with van der Waals surface area (Å²) in [6.07, 6.45) is 3.28. The van der Waals surface area contributed by atoms with Gasteiger partial charge in [0.1, 0.15) is 6.34 Å². The Kier molecular flexibility index (Phi) is 5.11. The Morgan fingerprint density at radius 1 is 1.00 bits per heavy atom. The molecule has 2 rings (SSSR count). The summed E-state index contributed by atoms with van der Waals surface area (Å²) in [5.41, 5.74) is 2.12. The Labute approximate surface area is 125 Å². The van der Waals surface area contributed by atoms with Crippen molar-refractivity contribution >= 4 is 22.0 Å². The lowest BCUT2D eigenvalue weighted by molar-refractivity contribution is 0.604. The molecule has 0 aliphatic rings. The predicted octanol–water partition coefficient (Wildman–Crippen LogP) is 2.72. The van der Waals surface area contributed by atoms with E-state index in [-0.39, 0.29) is 0 Å². The van der Waals surface area contributed by atoms with E-state index in [1.807, 2.05) is 53.4 Å². The first-order valence-corrected chi connectivity index (χ1v) is 8.50. The maximum Gasteiger partial charge on any atom is 0.251 e. The van der Waals surface area contributed by atoms with Crippen LogP contribution >= 0.6 is 0 Å². The average Bonchev–Trinajstić information content (AvgIpc) is 2.48. The molecule has 0 amide bonds. The summed E-state index contributed by atoms with van der Waals surface area (Å²) in [6.45, 7) is 0.660. The van der Waals surface area contributed by atoms with Gasteiger partial charge in [-0.2, -0.15) is 4.40 Å². The molecule has 0 N–H and O–H groups in total. The van der Waals surface area contributed by atoms with Crippen molar-refractivity contribution in [2.45, 2.75) is 6.42 Å². The van der Waals surface area contributed by atoms with E-state index in [4.69, 9.17) is 0 Å². The normalized spacial score (nSPS) is 11.7. The number of hydrogen-bond acceptors (Lipinski definition) is 2. The lowest BCUT2D eigenvalue weighted by Gasteiger charge is -2.19. The summed E-state index contributed by atoms with van der Waals surface area (Å²) in [6, 6.07) is 19.7. The molecule has 110 valence electrons. The van der Waals surface area contributed by atoms with Gasteiger partial charge in [0.05, 0.1) is 6.26 Å². The van der Waals surface area contributed by atoms with E-state index in [0.29, 0.717) is 6.54 Å². The minimum atomic E-state index is -3.38. The summed E-state index contributed by atoms with van der Waals surface area (Å²) in [4.78, 5) is 1.84. The van der Waals surface area contributed by atoms with Gasteiger partial charge in [0.15, 0.2) is 0 Å². The Balaban J connectivity index is 2.14. The van der Waals surface area contributed by atoms with E-state index in [1.165, 1.54) is 11.9 Å². The summed E-state index contributed by atoms with van der Waals surface area (Å²) in [7, 11) is -3.38. The Hall–Kier alpha value is -2.14. The van der Waals surface area contributed by atoms with Crippen molar-refractivity contribution < 1.29 is 8.42 Å². The monoisotopic (exact) mass is 302 g/mol. The highest BCUT2D eigenvalue weighted by Gasteiger charge is 2.05. The molecule has 0 bridgehead atoms. The molecule has 0 saturated heterocycles. The lowest BCUT2D eigenvalue weighted by atomic mass is 10.1. The molecule has 0 spiro atoms. The first-order chi connectivity index (χ1) is 10.0. The molecule has 0 radical (unpaired) electrons. The van der Waals surface area contributed by atoms with Crippen molar-refractivity contribution in [1.82, 2.24) is 0 Å². The molecule has 2 aromatic carbocycles. The van der Waals surface area contributed by atoms with Crippen LogP contribution in [0.2, 0.25) is 0 Å². The van der Waals surface area contributed by atoms with Gasteiger partial charge in [-0.25, -0.2) is 8.42 Å². The van der Waals surface area contributed by atoms with Crippen molar-refractivity contribution in [2.75, 3.05) is 17.7 Å². The number of nitrogens with zero attached hydrogens (tertiary/aromatic N) is 2. The van der Waals surface area contributed by atoms with E-state index in [0.717, 1.165) is 18.4 Å². The molecular weight excluding hydrogens is 284 g/mol. The summed E-state index contributed by atoms with van der Waals surface area (Å²) >= 11 is 0. The van der Waals surface area contributed by atoms with Crippen LogP contribution in [0.3, 0.4) is 0 Å². The molecule has 2 aromatic rings. The number of anilines is 1. The van der Waals surface area contributed by atoms with E-state index in [2.05, 4.69) is 16.5 Å². The van der Waals surface area contributed by atoms with Crippen LogP contribution in [0.5, 0.6) is 0 Å². The topological polar surface area (TPSA) is 49.7 Å². The Bertz CT molecular complexity index is 683. The largest absolute Gasteiger partial charge is 0.331 e. The molecule has 0 unspecified atom stereocenters. The van der Waals surface area contributed by atoms with Gasteiger partial charge >= 0.3 is 0 Å². The van der Waals surface area contributed by atoms with Gasteiger partial charge in [-0.3, -0.25) is 0 Å². The minimum Gasteiger partial charge on any atom is -0.331 e. The average molecular weight is 302 g/mol. The molecule has 0 aromatic heterocycles. The zero-order chi connectivity index (χ0) is 15.1. The SMILES string of the molecule is CS(=O)(=O)N=CN(CCc1ccccc1)c1ccccc1. The number of rotatable bonds is 6. The first kappa shape index (κ1) is 15.3. The van der Waals surface area contributed by atoms with Crippen LogP contribution in [0.4, 0.5) is 5.69 Å². The fourth-order valence-corrected chi connectivity index (χ4v) is 2.19. The maximum atomic E-state index is 11.2. The number of sulfonamides is 1. The molecule has 4 nitrogen and oxygen atoms in total.